The Bertz CT molecular complexity index is 406. The smallest absolute Gasteiger partial charge is 0.270 e. The minimum Gasteiger partial charge on any atom is -0.393 e. The van der Waals surface area contributed by atoms with E-state index in [1.54, 1.807) is 6.20 Å². The normalized spacial score (nSPS) is 23.6. The fraction of sp³-hybridized carbons (Fsp3) is 0.538. The predicted octanol–water partition coefficient (Wildman–Crippen LogP) is 1.28. The van der Waals surface area contributed by atoms with Crippen LogP contribution in [0, 0.1) is 12.8 Å². The molecule has 1 amide bonds. The van der Waals surface area contributed by atoms with Gasteiger partial charge in [-0.2, -0.15) is 0 Å². The number of aromatic nitrogens is 1. The Morgan fingerprint density at radius 2 is 2.41 bits per heavy atom. The Balaban J connectivity index is 1.88. The summed E-state index contributed by atoms with van der Waals surface area (Å²) in [6, 6.07) is 3.70. The van der Waals surface area contributed by atoms with E-state index in [2.05, 4.69) is 10.3 Å². The number of nitrogens with zero attached hydrogens (tertiary/aromatic N) is 1. The summed E-state index contributed by atoms with van der Waals surface area (Å²) >= 11 is 0. The minimum absolute atomic E-state index is 0.121. The summed E-state index contributed by atoms with van der Waals surface area (Å²) in [5.41, 5.74) is 1.38. The maximum absolute atomic E-state index is 11.9. The quantitative estimate of drug-likeness (QED) is 0.828. The van der Waals surface area contributed by atoms with Crippen LogP contribution in [0.15, 0.2) is 18.3 Å². The summed E-state index contributed by atoms with van der Waals surface area (Å²) in [5, 5.41) is 12.3. The molecule has 2 atom stereocenters. The molecule has 1 aliphatic rings. The van der Waals surface area contributed by atoms with Gasteiger partial charge in [-0.05, 0) is 43.7 Å². The molecule has 2 rings (SSSR count). The van der Waals surface area contributed by atoms with Crippen LogP contribution in [0.3, 0.4) is 0 Å². The highest BCUT2D eigenvalue weighted by molar-refractivity contribution is 5.93. The van der Waals surface area contributed by atoms with E-state index in [-0.39, 0.29) is 12.0 Å². The fourth-order valence-corrected chi connectivity index (χ4v) is 2.28. The second-order valence-corrected chi connectivity index (χ2v) is 4.71. The van der Waals surface area contributed by atoms with Crippen molar-refractivity contribution in [3.63, 3.8) is 0 Å². The zero-order valence-corrected chi connectivity index (χ0v) is 10.0. The number of hydrogen-bond donors (Lipinski definition) is 2. The number of aryl methyl sites for hydroxylation is 1. The van der Waals surface area contributed by atoms with Crippen LogP contribution in [0.5, 0.6) is 0 Å². The molecule has 2 N–H and O–H groups in total. The first kappa shape index (κ1) is 12.0. The second-order valence-electron chi connectivity index (χ2n) is 4.71. The Labute approximate surface area is 101 Å². The van der Waals surface area contributed by atoms with E-state index in [0.29, 0.717) is 18.2 Å². The zero-order valence-electron chi connectivity index (χ0n) is 10.0. The van der Waals surface area contributed by atoms with Gasteiger partial charge in [0.05, 0.1) is 6.10 Å². The highest BCUT2D eigenvalue weighted by Crippen LogP contribution is 2.24. The van der Waals surface area contributed by atoms with E-state index in [4.69, 9.17) is 0 Å². The van der Waals surface area contributed by atoms with Crippen molar-refractivity contribution in [2.45, 2.75) is 32.3 Å². The van der Waals surface area contributed by atoms with Gasteiger partial charge < -0.3 is 10.4 Å². The van der Waals surface area contributed by atoms with Crippen LogP contribution in [0.2, 0.25) is 0 Å². The molecule has 0 aromatic carbocycles. The number of rotatable bonds is 3. The predicted molar refractivity (Wildman–Crippen MR) is 64.7 cm³/mol. The van der Waals surface area contributed by atoms with Crippen molar-refractivity contribution in [1.82, 2.24) is 10.3 Å². The average molecular weight is 234 g/mol. The van der Waals surface area contributed by atoms with Crippen molar-refractivity contribution >= 4 is 5.91 Å². The van der Waals surface area contributed by atoms with Crippen LogP contribution in [-0.4, -0.2) is 28.6 Å². The van der Waals surface area contributed by atoms with Crippen molar-refractivity contribution in [2.75, 3.05) is 6.54 Å². The number of amides is 1. The van der Waals surface area contributed by atoms with Gasteiger partial charge in [0.25, 0.3) is 5.91 Å². The lowest BCUT2D eigenvalue weighted by Gasteiger charge is -2.11. The molecule has 1 saturated carbocycles. The van der Waals surface area contributed by atoms with Crippen molar-refractivity contribution in [1.29, 1.82) is 0 Å². The highest BCUT2D eigenvalue weighted by Gasteiger charge is 2.23. The molecule has 1 heterocycles. The fourth-order valence-electron chi connectivity index (χ4n) is 2.28. The third kappa shape index (κ3) is 3.03. The molecule has 1 fully saturated rings. The summed E-state index contributed by atoms with van der Waals surface area (Å²) in [6.07, 6.45) is 4.07. The van der Waals surface area contributed by atoms with E-state index >= 15 is 0 Å². The van der Waals surface area contributed by atoms with Gasteiger partial charge in [-0.1, -0.05) is 6.07 Å². The molecule has 0 radical (unpaired) electrons. The van der Waals surface area contributed by atoms with Gasteiger partial charge in [0, 0.05) is 12.7 Å². The standard InChI is InChI=1S/C13H18N2O2/c1-9-3-2-6-14-12(9)13(17)15-8-10-4-5-11(16)7-10/h2-3,6,10-11,16H,4-5,7-8H2,1H3,(H,15,17). The number of carbonyl (C=O) groups is 1. The number of carbonyl (C=O) groups excluding carboxylic acids is 1. The van der Waals surface area contributed by atoms with Gasteiger partial charge in [0.15, 0.2) is 0 Å². The van der Waals surface area contributed by atoms with Crippen LogP contribution < -0.4 is 5.32 Å². The number of nitrogens with one attached hydrogen (secondary N) is 1. The van der Waals surface area contributed by atoms with Crippen LogP contribution >= 0.6 is 0 Å². The largest absolute Gasteiger partial charge is 0.393 e. The number of hydrogen-bond acceptors (Lipinski definition) is 3. The molecule has 4 nitrogen and oxygen atoms in total. The molecule has 0 aliphatic heterocycles. The van der Waals surface area contributed by atoms with E-state index < -0.39 is 0 Å². The number of aliphatic hydroxyl groups excluding tert-OH is 1. The molecule has 17 heavy (non-hydrogen) atoms. The first-order chi connectivity index (χ1) is 8.16. The maximum Gasteiger partial charge on any atom is 0.270 e. The lowest BCUT2D eigenvalue weighted by atomic mass is 10.1. The molecule has 1 aliphatic carbocycles. The van der Waals surface area contributed by atoms with Crippen molar-refractivity contribution < 1.29 is 9.90 Å². The lowest BCUT2D eigenvalue weighted by Crippen LogP contribution is -2.29. The van der Waals surface area contributed by atoms with E-state index in [0.717, 1.165) is 24.8 Å². The summed E-state index contributed by atoms with van der Waals surface area (Å²) in [5.74, 6) is 0.280. The van der Waals surface area contributed by atoms with Crippen LogP contribution in [0.25, 0.3) is 0 Å². The Morgan fingerprint density at radius 3 is 3.06 bits per heavy atom. The second kappa shape index (κ2) is 5.27. The average Bonchev–Trinajstić information content (AvgIpc) is 2.73. The van der Waals surface area contributed by atoms with Crippen molar-refractivity contribution in [3.05, 3.63) is 29.6 Å². The van der Waals surface area contributed by atoms with Crippen molar-refractivity contribution in [2.24, 2.45) is 5.92 Å². The Hall–Kier alpha value is -1.42. The number of pyridine rings is 1. The maximum atomic E-state index is 11.9. The van der Waals surface area contributed by atoms with Gasteiger partial charge in [0.2, 0.25) is 0 Å². The molecular formula is C13H18N2O2. The molecule has 2 unspecified atom stereocenters. The Morgan fingerprint density at radius 1 is 1.59 bits per heavy atom. The van der Waals surface area contributed by atoms with Gasteiger partial charge in [-0.3, -0.25) is 9.78 Å². The first-order valence-corrected chi connectivity index (χ1v) is 6.04. The van der Waals surface area contributed by atoms with E-state index in [9.17, 15) is 9.90 Å². The molecule has 92 valence electrons. The molecule has 4 heteroatoms. The molecule has 0 spiro atoms. The van der Waals surface area contributed by atoms with Gasteiger partial charge >= 0.3 is 0 Å². The summed E-state index contributed by atoms with van der Waals surface area (Å²) in [7, 11) is 0. The highest BCUT2D eigenvalue weighted by atomic mass is 16.3. The first-order valence-electron chi connectivity index (χ1n) is 6.04. The number of aliphatic hydroxyl groups is 1. The van der Waals surface area contributed by atoms with Gasteiger partial charge in [0.1, 0.15) is 5.69 Å². The topological polar surface area (TPSA) is 62.2 Å². The van der Waals surface area contributed by atoms with Crippen molar-refractivity contribution in [3.8, 4) is 0 Å². The van der Waals surface area contributed by atoms with E-state index in [1.165, 1.54) is 0 Å². The molecule has 1 aromatic heterocycles. The SMILES string of the molecule is Cc1cccnc1C(=O)NCC1CCC(O)C1. The third-order valence-electron chi connectivity index (χ3n) is 3.29. The van der Waals surface area contributed by atoms with Crippen LogP contribution in [0.1, 0.15) is 35.3 Å². The summed E-state index contributed by atoms with van der Waals surface area (Å²) in [6.45, 7) is 2.51. The molecule has 0 bridgehead atoms. The molecule has 1 aromatic rings. The van der Waals surface area contributed by atoms with Gasteiger partial charge in [-0.25, -0.2) is 0 Å². The molecule has 0 saturated heterocycles. The monoisotopic (exact) mass is 234 g/mol. The van der Waals surface area contributed by atoms with E-state index in [1.807, 2.05) is 19.1 Å². The lowest BCUT2D eigenvalue weighted by molar-refractivity contribution is 0.0939. The third-order valence-corrected chi connectivity index (χ3v) is 3.29. The zero-order chi connectivity index (χ0) is 12.3. The minimum atomic E-state index is -0.187. The summed E-state index contributed by atoms with van der Waals surface area (Å²) < 4.78 is 0. The molecular weight excluding hydrogens is 216 g/mol. The summed E-state index contributed by atoms with van der Waals surface area (Å²) in [4.78, 5) is 15.9. The Kier molecular flexibility index (Phi) is 3.74. The van der Waals surface area contributed by atoms with Crippen LogP contribution in [0.4, 0.5) is 0 Å². The van der Waals surface area contributed by atoms with Crippen LogP contribution in [-0.2, 0) is 0 Å². The van der Waals surface area contributed by atoms with Gasteiger partial charge in [-0.15, -0.1) is 0 Å².